The number of carbonyl (C=O) groups excluding carboxylic acids is 2. The third-order valence-corrected chi connectivity index (χ3v) is 14.4. The van der Waals surface area contributed by atoms with Gasteiger partial charge in [-0.2, -0.15) is 0 Å². The van der Waals surface area contributed by atoms with Gasteiger partial charge in [0.05, 0.1) is 41.3 Å². The van der Waals surface area contributed by atoms with E-state index < -0.39 is 11.5 Å². The largest absolute Gasteiger partial charge is 0.465 e. The lowest BCUT2D eigenvalue weighted by Gasteiger charge is -2.49. The van der Waals surface area contributed by atoms with E-state index in [0.29, 0.717) is 25.9 Å². The first-order valence-electron chi connectivity index (χ1n) is 23.1. The molecule has 63 heavy (non-hydrogen) atoms. The molecule has 3 amide bonds. The Morgan fingerprint density at radius 3 is 1.73 bits per heavy atom. The SMILES string of the molecule is CC1(C(=O)N2CCC[C@H]2c2ncc(-c3ccc(-c4ccc(-c5cnc([C@@H]6CCCN6C(=O)[C@@H](c6ccccc6)N6CCCCC6)[nH]5)cc4)cc3)[nH]2)CCN(C(=O)O)C(C(C)(C)C)C1. The van der Waals surface area contributed by atoms with Crippen LogP contribution in [-0.4, -0.2) is 101 Å². The van der Waals surface area contributed by atoms with Crippen LogP contribution in [0.25, 0.3) is 33.6 Å². The fraction of sp³-hybridized carbons (Fsp3) is 0.471. The standard InChI is InChI=1S/C51H62N8O4/c1-50(2,3)43-31-51(4,25-30-59(43)49(62)63)48(61)58-29-12-16-42(58)46-53-33-40(55-46)37-23-19-35(20-24-37)34-17-21-36(22-18-34)39-32-52-45(54-39)41-15-11-28-57(41)47(60)44(38-13-7-5-8-14-38)56-26-9-6-10-27-56/h5,7-8,13-14,17-24,32-33,41-44H,6,9-12,15-16,25-31H2,1-4H3,(H,52,54)(H,53,55)(H,62,63)/t41-,42-,43?,44+,51?/m0/s1. The quantitative estimate of drug-likeness (QED) is 0.134. The highest BCUT2D eigenvalue weighted by atomic mass is 16.4. The van der Waals surface area contributed by atoms with Crippen molar-refractivity contribution in [1.82, 2.24) is 39.5 Å². The van der Waals surface area contributed by atoms with Crippen molar-refractivity contribution >= 4 is 17.9 Å². The van der Waals surface area contributed by atoms with Crippen LogP contribution in [0.3, 0.4) is 0 Å². The number of aromatic nitrogens is 4. The fourth-order valence-electron chi connectivity index (χ4n) is 10.8. The maximum Gasteiger partial charge on any atom is 0.407 e. The van der Waals surface area contributed by atoms with Crippen LogP contribution >= 0.6 is 0 Å². The summed E-state index contributed by atoms with van der Waals surface area (Å²) in [5, 5.41) is 9.92. The van der Waals surface area contributed by atoms with E-state index in [2.05, 4.69) is 101 Å². The first-order valence-corrected chi connectivity index (χ1v) is 23.1. The van der Waals surface area contributed by atoms with Gasteiger partial charge in [0.2, 0.25) is 11.8 Å². The molecule has 4 aliphatic heterocycles. The Labute approximate surface area is 371 Å². The number of nitrogens with one attached hydrogen (secondary N) is 2. The maximum absolute atomic E-state index is 14.4. The summed E-state index contributed by atoms with van der Waals surface area (Å²) in [5.74, 6) is 1.91. The van der Waals surface area contributed by atoms with Crippen LogP contribution < -0.4 is 0 Å². The van der Waals surface area contributed by atoms with Gasteiger partial charge >= 0.3 is 6.09 Å². The molecule has 330 valence electrons. The molecule has 0 spiro atoms. The molecule has 0 bridgehead atoms. The van der Waals surface area contributed by atoms with Crippen molar-refractivity contribution in [2.45, 2.75) is 110 Å². The number of carbonyl (C=O) groups is 3. The van der Waals surface area contributed by atoms with Crippen LogP contribution in [0.5, 0.6) is 0 Å². The van der Waals surface area contributed by atoms with E-state index >= 15 is 0 Å². The summed E-state index contributed by atoms with van der Waals surface area (Å²) in [5.41, 5.74) is 6.23. The van der Waals surface area contributed by atoms with Gasteiger partial charge in [0.25, 0.3) is 0 Å². The molecule has 4 aliphatic rings. The van der Waals surface area contributed by atoms with E-state index in [-0.39, 0.29) is 41.4 Å². The Morgan fingerprint density at radius 1 is 0.667 bits per heavy atom. The van der Waals surface area contributed by atoms with E-state index in [9.17, 15) is 19.5 Å². The summed E-state index contributed by atoms with van der Waals surface area (Å²) in [6.07, 6.45) is 10.9. The Bertz CT molecular complexity index is 2400. The molecule has 9 rings (SSSR count). The number of rotatable bonds is 9. The van der Waals surface area contributed by atoms with Gasteiger partial charge < -0.3 is 29.8 Å². The first kappa shape index (κ1) is 42.5. The minimum Gasteiger partial charge on any atom is -0.465 e. The highest BCUT2D eigenvalue weighted by molar-refractivity contribution is 5.85. The molecule has 5 atom stereocenters. The van der Waals surface area contributed by atoms with E-state index in [1.807, 2.05) is 42.4 Å². The number of likely N-dealkylation sites (tertiary alicyclic amines) is 4. The van der Waals surface area contributed by atoms with Gasteiger partial charge in [-0.05, 0) is 97.7 Å². The van der Waals surface area contributed by atoms with Crippen LogP contribution in [0.15, 0.2) is 91.3 Å². The molecule has 0 aliphatic carbocycles. The van der Waals surface area contributed by atoms with Gasteiger partial charge in [-0.25, -0.2) is 14.8 Å². The molecule has 2 unspecified atom stereocenters. The molecular weight excluding hydrogens is 789 g/mol. The second-order valence-corrected chi connectivity index (χ2v) is 19.6. The molecule has 12 heteroatoms. The van der Waals surface area contributed by atoms with Crippen molar-refractivity contribution in [3.05, 3.63) is 108 Å². The second kappa shape index (κ2) is 17.4. The minimum atomic E-state index is -0.917. The molecular formula is C51H62N8O4. The third kappa shape index (κ3) is 8.54. The second-order valence-electron chi connectivity index (χ2n) is 19.6. The van der Waals surface area contributed by atoms with Crippen molar-refractivity contribution < 1.29 is 19.5 Å². The zero-order valence-corrected chi connectivity index (χ0v) is 37.2. The van der Waals surface area contributed by atoms with Crippen LogP contribution in [0.1, 0.15) is 121 Å². The number of imidazole rings is 2. The number of hydrogen-bond acceptors (Lipinski definition) is 6. The number of nitrogens with zero attached hydrogens (tertiary/aromatic N) is 6. The monoisotopic (exact) mass is 850 g/mol. The van der Waals surface area contributed by atoms with Gasteiger partial charge in [0.15, 0.2) is 0 Å². The van der Waals surface area contributed by atoms with Crippen molar-refractivity contribution in [3.8, 4) is 33.6 Å². The van der Waals surface area contributed by atoms with E-state index in [1.54, 1.807) is 0 Å². The maximum atomic E-state index is 14.4. The number of H-pyrrole nitrogens is 2. The topological polar surface area (TPSA) is 142 Å². The number of hydrogen-bond donors (Lipinski definition) is 3. The normalized spacial score (nSPS) is 23.9. The molecule has 12 nitrogen and oxygen atoms in total. The molecule has 0 radical (unpaired) electrons. The Balaban J connectivity index is 0.851. The van der Waals surface area contributed by atoms with Crippen LogP contribution in [-0.2, 0) is 9.59 Å². The zero-order chi connectivity index (χ0) is 43.9. The average molecular weight is 851 g/mol. The minimum absolute atomic E-state index is 0.0778. The highest BCUT2D eigenvalue weighted by Crippen LogP contribution is 2.45. The molecule has 3 N–H and O–H groups in total. The van der Waals surface area contributed by atoms with Crippen LogP contribution in [0.4, 0.5) is 4.79 Å². The van der Waals surface area contributed by atoms with Crippen molar-refractivity contribution in [2.75, 3.05) is 32.7 Å². The lowest BCUT2D eigenvalue weighted by atomic mass is 9.69. The van der Waals surface area contributed by atoms with E-state index in [0.717, 1.165) is 109 Å². The van der Waals surface area contributed by atoms with Crippen molar-refractivity contribution in [3.63, 3.8) is 0 Å². The number of amides is 3. The number of carboxylic acid groups (broad SMARTS) is 1. The Morgan fingerprint density at radius 2 is 1.19 bits per heavy atom. The molecule has 2 aromatic heterocycles. The van der Waals surface area contributed by atoms with Gasteiger partial charge in [-0.3, -0.25) is 14.5 Å². The Kier molecular flexibility index (Phi) is 11.8. The van der Waals surface area contributed by atoms with Crippen molar-refractivity contribution in [2.24, 2.45) is 10.8 Å². The fourth-order valence-corrected chi connectivity index (χ4v) is 10.8. The first-order chi connectivity index (χ1) is 30.4. The number of benzene rings is 3. The smallest absolute Gasteiger partial charge is 0.407 e. The van der Waals surface area contributed by atoms with Gasteiger partial charge in [0.1, 0.15) is 17.7 Å². The van der Waals surface area contributed by atoms with Gasteiger partial charge in [-0.15, -0.1) is 0 Å². The molecule has 0 saturated carbocycles. The molecule has 6 heterocycles. The predicted molar refractivity (Wildman–Crippen MR) is 244 cm³/mol. The van der Waals surface area contributed by atoms with E-state index in [1.165, 1.54) is 11.3 Å². The summed E-state index contributed by atoms with van der Waals surface area (Å²) in [6.45, 7) is 11.8. The Hall–Kier alpha value is -5.75. The summed E-state index contributed by atoms with van der Waals surface area (Å²) < 4.78 is 0. The summed E-state index contributed by atoms with van der Waals surface area (Å²) in [7, 11) is 0. The summed E-state index contributed by atoms with van der Waals surface area (Å²) in [6, 6.07) is 26.5. The molecule has 3 aromatic carbocycles. The predicted octanol–water partition coefficient (Wildman–Crippen LogP) is 9.88. The summed E-state index contributed by atoms with van der Waals surface area (Å²) in [4.78, 5) is 65.5. The zero-order valence-electron chi connectivity index (χ0n) is 37.2. The lowest BCUT2D eigenvalue weighted by molar-refractivity contribution is -0.147. The summed E-state index contributed by atoms with van der Waals surface area (Å²) >= 11 is 0. The molecule has 4 saturated heterocycles. The van der Waals surface area contributed by atoms with Crippen LogP contribution in [0, 0.1) is 10.8 Å². The number of piperidine rings is 2. The van der Waals surface area contributed by atoms with E-state index in [4.69, 9.17) is 9.97 Å². The van der Waals surface area contributed by atoms with Gasteiger partial charge in [0, 0.05) is 25.7 Å². The highest BCUT2D eigenvalue weighted by Gasteiger charge is 2.50. The van der Waals surface area contributed by atoms with Crippen molar-refractivity contribution in [1.29, 1.82) is 0 Å². The van der Waals surface area contributed by atoms with Gasteiger partial charge in [-0.1, -0.05) is 113 Å². The van der Waals surface area contributed by atoms with Crippen LogP contribution in [0.2, 0.25) is 0 Å². The number of aromatic amines is 2. The lowest BCUT2D eigenvalue weighted by Crippen LogP contribution is -2.57. The average Bonchev–Trinajstić information content (AvgIpc) is 4.14. The molecule has 5 aromatic rings. The third-order valence-electron chi connectivity index (χ3n) is 14.4. The molecule has 4 fully saturated rings.